The molecule has 0 spiro atoms. The Balaban J connectivity index is 1.99. The molecule has 0 bridgehead atoms. The summed E-state index contributed by atoms with van der Waals surface area (Å²) in [6.45, 7) is 2.31. The van der Waals surface area contributed by atoms with Crippen LogP contribution in [0, 0.1) is 5.92 Å². The van der Waals surface area contributed by atoms with Crippen LogP contribution in [0.4, 0.5) is 0 Å². The molecule has 3 heteroatoms. The second kappa shape index (κ2) is 3.25. The lowest BCUT2D eigenvalue weighted by atomic mass is 9.83. The molecule has 0 saturated heterocycles. The predicted octanol–water partition coefficient (Wildman–Crippen LogP) is 2.36. The zero-order chi connectivity index (χ0) is 8.39. The van der Waals surface area contributed by atoms with Gasteiger partial charge in [0.1, 0.15) is 0 Å². The Labute approximate surface area is 72.2 Å². The summed E-state index contributed by atoms with van der Waals surface area (Å²) in [5, 5.41) is 3.88. The summed E-state index contributed by atoms with van der Waals surface area (Å²) < 4.78 is 4.73. The molecule has 2 rings (SSSR count). The molecule has 1 aliphatic carbocycles. The normalized spacial score (nSPS) is 30.4. The van der Waals surface area contributed by atoms with Crippen molar-refractivity contribution in [2.45, 2.75) is 38.5 Å². The van der Waals surface area contributed by atoms with Crippen LogP contribution in [-0.2, 0) is 0 Å². The van der Waals surface area contributed by atoms with E-state index >= 15 is 0 Å². The van der Waals surface area contributed by atoms with E-state index in [9.17, 15) is 0 Å². The van der Waals surface area contributed by atoms with Crippen molar-refractivity contribution in [3.63, 3.8) is 0 Å². The van der Waals surface area contributed by atoms with Crippen LogP contribution in [0.5, 0.6) is 0 Å². The smallest absolute Gasteiger partial charge is 0.213 e. The van der Waals surface area contributed by atoms with Crippen molar-refractivity contribution in [1.82, 2.24) is 10.1 Å². The molecule has 0 N–H and O–H groups in total. The third-order valence-corrected chi connectivity index (χ3v) is 2.76. The standard InChI is InChI=1S/C9H14N2O/c1-7-2-4-8(5-3-7)9-10-6-12-11-9/h6-8H,2-5H2,1H3. The summed E-state index contributed by atoms with van der Waals surface area (Å²) in [6, 6.07) is 0. The number of aromatic nitrogens is 2. The van der Waals surface area contributed by atoms with Crippen molar-refractivity contribution < 1.29 is 4.52 Å². The van der Waals surface area contributed by atoms with Crippen LogP contribution < -0.4 is 0 Å². The summed E-state index contributed by atoms with van der Waals surface area (Å²) in [5.74, 6) is 2.34. The fourth-order valence-corrected chi connectivity index (χ4v) is 1.88. The Morgan fingerprint density at radius 2 is 2.08 bits per heavy atom. The maximum absolute atomic E-state index is 4.73. The predicted molar refractivity (Wildman–Crippen MR) is 44.7 cm³/mol. The van der Waals surface area contributed by atoms with E-state index in [-0.39, 0.29) is 0 Å². The second-order valence-electron chi connectivity index (χ2n) is 3.75. The lowest BCUT2D eigenvalue weighted by Gasteiger charge is -2.23. The van der Waals surface area contributed by atoms with Gasteiger partial charge in [-0.1, -0.05) is 24.9 Å². The summed E-state index contributed by atoms with van der Waals surface area (Å²) in [4.78, 5) is 4.09. The Morgan fingerprint density at radius 1 is 1.33 bits per heavy atom. The topological polar surface area (TPSA) is 38.9 Å². The molecule has 0 radical (unpaired) electrons. The van der Waals surface area contributed by atoms with Gasteiger partial charge < -0.3 is 4.52 Å². The fourth-order valence-electron chi connectivity index (χ4n) is 1.88. The van der Waals surface area contributed by atoms with Crippen LogP contribution in [0.2, 0.25) is 0 Å². The molecule has 66 valence electrons. The third kappa shape index (κ3) is 1.49. The van der Waals surface area contributed by atoms with Crippen molar-refractivity contribution in [2.75, 3.05) is 0 Å². The van der Waals surface area contributed by atoms with E-state index in [1.54, 1.807) is 0 Å². The first-order valence-electron chi connectivity index (χ1n) is 4.62. The Morgan fingerprint density at radius 3 is 2.67 bits per heavy atom. The molecular formula is C9H14N2O. The zero-order valence-corrected chi connectivity index (χ0v) is 7.36. The molecule has 3 nitrogen and oxygen atoms in total. The van der Waals surface area contributed by atoms with Gasteiger partial charge in [-0.15, -0.1) is 0 Å². The number of nitrogens with zero attached hydrogens (tertiary/aromatic N) is 2. The van der Waals surface area contributed by atoms with Crippen LogP contribution in [0.15, 0.2) is 10.9 Å². The molecule has 0 atom stereocenters. The highest BCUT2D eigenvalue weighted by Gasteiger charge is 2.22. The van der Waals surface area contributed by atoms with Crippen molar-refractivity contribution in [3.8, 4) is 0 Å². The van der Waals surface area contributed by atoms with E-state index in [0.29, 0.717) is 5.92 Å². The Bertz CT molecular complexity index is 225. The summed E-state index contributed by atoms with van der Waals surface area (Å²) in [7, 11) is 0. The minimum atomic E-state index is 0.556. The monoisotopic (exact) mass is 166 g/mol. The van der Waals surface area contributed by atoms with Crippen molar-refractivity contribution in [3.05, 3.63) is 12.2 Å². The first-order valence-corrected chi connectivity index (χ1v) is 4.62. The molecular weight excluding hydrogens is 152 g/mol. The molecule has 0 aliphatic heterocycles. The van der Waals surface area contributed by atoms with Crippen molar-refractivity contribution in [2.24, 2.45) is 5.92 Å². The summed E-state index contributed by atoms with van der Waals surface area (Å²) in [5.41, 5.74) is 0. The van der Waals surface area contributed by atoms with E-state index in [1.165, 1.54) is 32.1 Å². The third-order valence-electron chi connectivity index (χ3n) is 2.76. The fraction of sp³-hybridized carbons (Fsp3) is 0.778. The Kier molecular flexibility index (Phi) is 2.11. The van der Waals surface area contributed by atoms with Gasteiger partial charge in [0, 0.05) is 5.92 Å². The average Bonchev–Trinajstić information content (AvgIpc) is 2.58. The molecule has 1 fully saturated rings. The highest BCUT2D eigenvalue weighted by molar-refractivity contribution is 4.93. The van der Waals surface area contributed by atoms with Crippen molar-refractivity contribution >= 4 is 0 Å². The van der Waals surface area contributed by atoms with Gasteiger partial charge in [-0.25, -0.2) is 0 Å². The van der Waals surface area contributed by atoms with E-state index < -0.39 is 0 Å². The highest BCUT2D eigenvalue weighted by Crippen LogP contribution is 2.33. The SMILES string of the molecule is CC1CCC(c2ncon2)CC1. The van der Waals surface area contributed by atoms with Crippen LogP contribution in [0.3, 0.4) is 0 Å². The maximum atomic E-state index is 4.73. The quantitative estimate of drug-likeness (QED) is 0.642. The van der Waals surface area contributed by atoms with Gasteiger partial charge in [0.05, 0.1) is 0 Å². The molecule has 1 heterocycles. The molecule has 1 aromatic rings. The number of hydrogen-bond donors (Lipinski definition) is 0. The van der Waals surface area contributed by atoms with E-state index in [2.05, 4.69) is 17.1 Å². The lowest BCUT2D eigenvalue weighted by molar-refractivity contribution is 0.328. The summed E-state index contributed by atoms with van der Waals surface area (Å²) >= 11 is 0. The van der Waals surface area contributed by atoms with Gasteiger partial charge in [0.15, 0.2) is 5.82 Å². The van der Waals surface area contributed by atoms with Crippen molar-refractivity contribution in [1.29, 1.82) is 0 Å². The Hall–Kier alpha value is -0.860. The first-order chi connectivity index (χ1) is 5.86. The largest absolute Gasteiger partial charge is 0.343 e. The minimum Gasteiger partial charge on any atom is -0.343 e. The van der Waals surface area contributed by atoms with E-state index in [4.69, 9.17) is 4.52 Å². The van der Waals surface area contributed by atoms with Gasteiger partial charge in [0.25, 0.3) is 0 Å². The van der Waals surface area contributed by atoms with Crippen LogP contribution in [0.1, 0.15) is 44.3 Å². The van der Waals surface area contributed by atoms with Gasteiger partial charge >= 0.3 is 0 Å². The van der Waals surface area contributed by atoms with E-state index in [1.807, 2.05) is 0 Å². The van der Waals surface area contributed by atoms with Gasteiger partial charge in [-0.3, -0.25) is 0 Å². The first kappa shape index (κ1) is 7.77. The lowest BCUT2D eigenvalue weighted by Crippen LogP contribution is -2.11. The van der Waals surface area contributed by atoms with Gasteiger partial charge in [-0.05, 0) is 18.8 Å². The molecule has 1 aliphatic rings. The van der Waals surface area contributed by atoms with Gasteiger partial charge in [0.2, 0.25) is 6.39 Å². The molecule has 0 amide bonds. The number of rotatable bonds is 1. The number of hydrogen-bond acceptors (Lipinski definition) is 3. The minimum absolute atomic E-state index is 0.556. The molecule has 0 unspecified atom stereocenters. The molecule has 1 aromatic heterocycles. The van der Waals surface area contributed by atoms with Crippen LogP contribution in [-0.4, -0.2) is 10.1 Å². The molecule has 12 heavy (non-hydrogen) atoms. The van der Waals surface area contributed by atoms with Gasteiger partial charge in [-0.2, -0.15) is 4.98 Å². The zero-order valence-electron chi connectivity index (χ0n) is 7.36. The molecule has 0 aromatic carbocycles. The highest BCUT2D eigenvalue weighted by atomic mass is 16.5. The second-order valence-corrected chi connectivity index (χ2v) is 3.75. The summed E-state index contributed by atoms with van der Waals surface area (Å²) in [6.07, 6.45) is 6.48. The maximum Gasteiger partial charge on any atom is 0.213 e. The molecule has 1 saturated carbocycles. The van der Waals surface area contributed by atoms with Crippen LogP contribution in [0.25, 0.3) is 0 Å². The average molecular weight is 166 g/mol. The van der Waals surface area contributed by atoms with Crippen LogP contribution >= 0.6 is 0 Å². The van der Waals surface area contributed by atoms with E-state index in [0.717, 1.165) is 11.7 Å².